The quantitative estimate of drug-likeness (QED) is 0.501. The van der Waals surface area contributed by atoms with Crippen molar-refractivity contribution in [3.63, 3.8) is 0 Å². The zero-order chi connectivity index (χ0) is 19.4. The predicted molar refractivity (Wildman–Crippen MR) is 107 cm³/mol. The summed E-state index contributed by atoms with van der Waals surface area (Å²) in [4.78, 5) is 19.9. The van der Waals surface area contributed by atoms with Gasteiger partial charge in [-0.05, 0) is 32.4 Å². The first kappa shape index (κ1) is 18.6. The van der Waals surface area contributed by atoms with Crippen LogP contribution in [0.15, 0.2) is 35.7 Å². The van der Waals surface area contributed by atoms with Gasteiger partial charge in [-0.1, -0.05) is 30.3 Å². The number of thiazole rings is 1. The van der Waals surface area contributed by atoms with Gasteiger partial charge in [0, 0.05) is 22.3 Å². The van der Waals surface area contributed by atoms with E-state index in [0.717, 1.165) is 22.5 Å². The van der Waals surface area contributed by atoms with Crippen molar-refractivity contribution in [2.45, 2.75) is 20.8 Å². The second kappa shape index (κ2) is 8.02. The number of nitrogens with one attached hydrogen (secondary N) is 1. The van der Waals surface area contributed by atoms with E-state index in [4.69, 9.17) is 4.74 Å². The molecule has 0 atom stereocenters. The van der Waals surface area contributed by atoms with Crippen LogP contribution >= 0.6 is 11.3 Å². The van der Waals surface area contributed by atoms with Gasteiger partial charge in [0.15, 0.2) is 0 Å². The molecule has 5 nitrogen and oxygen atoms in total. The van der Waals surface area contributed by atoms with Gasteiger partial charge >= 0.3 is 5.97 Å². The van der Waals surface area contributed by atoms with Crippen LogP contribution in [-0.4, -0.2) is 22.5 Å². The number of rotatable bonds is 5. The summed E-state index contributed by atoms with van der Waals surface area (Å²) in [6.45, 7) is 5.75. The molecule has 1 aromatic carbocycles. The molecule has 3 aromatic rings. The van der Waals surface area contributed by atoms with E-state index < -0.39 is 0 Å². The monoisotopic (exact) mass is 377 g/mol. The summed E-state index contributed by atoms with van der Waals surface area (Å²) in [5.74, 6) is -0.359. The summed E-state index contributed by atoms with van der Waals surface area (Å²) < 4.78 is 5.12. The Hall–Kier alpha value is -3.17. The molecule has 0 aliphatic rings. The van der Waals surface area contributed by atoms with E-state index in [2.05, 4.69) is 16.0 Å². The molecule has 136 valence electrons. The third-order valence-corrected chi connectivity index (χ3v) is 5.04. The summed E-state index contributed by atoms with van der Waals surface area (Å²) in [5, 5.41) is 12.2. The molecule has 0 saturated heterocycles. The third-order valence-electron chi connectivity index (χ3n) is 4.17. The first-order valence-corrected chi connectivity index (χ1v) is 9.42. The smallest absolute Gasteiger partial charge is 0.340 e. The molecule has 0 aliphatic heterocycles. The lowest BCUT2D eigenvalue weighted by molar-refractivity contribution is 0.0525. The Morgan fingerprint density at radius 1 is 1.33 bits per heavy atom. The second-order valence-corrected chi connectivity index (χ2v) is 6.82. The molecule has 6 heteroatoms. The molecule has 0 fully saturated rings. The summed E-state index contributed by atoms with van der Waals surface area (Å²) in [6, 6.07) is 12.0. The van der Waals surface area contributed by atoms with Gasteiger partial charge in [0.05, 0.1) is 23.4 Å². The number of nitrogens with zero attached hydrogens (tertiary/aromatic N) is 2. The van der Waals surface area contributed by atoms with Crippen LogP contribution in [0.3, 0.4) is 0 Å². The zero-order valence-electron chi connectivity index (χ0n) is 15.4. The number of benzene rings is 1. The number of hydrogen-bond donors (Lipinski definition) is 1. The Kier molecular flexibility index (Phi) is 5.53. The molecule has 27 heavy (non-hydrogen) atoms. The highest BCUT2D eigenvalue weighted by atomic mass is 32.1. The Labute approximate surface area is 162 Å². The molecule has 0 radical (unpaired) electrons. The molecule has 2 heterocycles. The van der Waals surface area contributed by atoms with Crippen LogP contribution < -0.4 is 0 Å². The van der Waals surface area contributed by atoms with Crippen LogP contribution in [-0.2, 0) is 4.74 Å². The van der Waals surface area contributed by atoms with Gasteiger partial charge in [-0.2, -0.15) is 5.26 Å². The molecule has 3 rings (SSSR count). The van der Waals surface area contributed by atoms with Gasteiger partial charge in [-0.25, -0.2) is 9.78 Å². The SMILES string of the molecule is CCOC(=O)c1c(C)[nH]c(/C=C(\C#N)c2nc(-c3ccccc3)cs2)c1C. The number of allylic oxidation sites excluding steroid dienone is 1. The normalized spacial score (nSPS) is 11.3. The van der Waals surface area contributed by atoms with Crippen molar-refractivity contribution in [1.82, 2.24) is 9.97 Å². The number of aryl methyl sites for hydroxylation is 1. The second-order valence-electron chi connectivity index (χ2n) is 5.96. The van der Waals surface area contributed by atoms with Crippen LogP contribution in [0.2, 0.25) is 0 Å². The van der Waals surface area contributed by atoms with Gasteiger partial charge < -0.3 is 9.72 Å². The fourth-order valence-electron chi connectivity index (χ4n) is 2.85. The van der Waals surface area contributed by atoms with E-state index in [1.165, 1.54) is 11.3 Å². The van der Waals surface area contributed by atoms with Gasteiger partial charge in [-0.3, -0.25) is 0 Å². The molecule has 0 unspecified atom stereocenters. The van der Waals surface area contributed by atoms with Gasteiger partial charge in [0.1, 0.15) is 11.1 Å². The average molecular weight is 377 g/mol. The van der Waals surface area contributed by atoms with E-state index >= 15 is 0 Å². The van der Waals surface area contributed by atoms with Crippen LogP contribution in [0.25, 0.3) is 22.9 Å². The van der Waals surface area contributed by atoms with Gasteiger partial charge in [0.25, 0.3) is 0 Å². The lowest BCUT2D eigenvalue weighted by Gasteiger charge is -2.02. The summed E-state index contributed by atoms with van der Waals surface area (Å²) in [6.07, 6.45) is 1.73. The molecule has 0 amide bonds. The van der Waals surface area contributed by atoms with Crippen molar-refractivity contribution >= 4 is 29.0 Å². The minimum atomic E-state index is -0.359. The number of carbonyl (C=O) groups excluding carboxylic acids is 1. The fourth-order valence-corrected chi connectivity index (χ4v) is 3.65. The van der Waals surface area contributed by atoms with Crippen molar-refractivity contribution in [1.29, 1.82) is 5.26 Å². The Balaban J connectivity index is 1.97. The minimum Gasteiger partial charge on any atom is -0.462 e. The largest absolute Gasteiger partial charge is 0.462 e. The van der Waals surface area contributed by atoms with Crippen molar-refractivity contribution in [2.75, 3.05) is 6.61 Å². The molecule has 0 saturated carbocycles. The Bertz CT molecular complexity index is 1040. The van der Waals surface area contributed by atoms with Gasteiger partial charge in [0.2, 0.25) is 0 Å². The number of nitriles is 1. The van der Waals surface area contributed by atoms with Gasteiger partial charge in [-0.15, -0.1) is 11.3 Å². The number of carbonyl (C=O) groups is 1. The lowest BCUT2D eigenvalue weighted by Crippen LogP contribution is -2.06. The van der Waals surface area contributed by atoms with Crippen LogP contribution in [0, 0.1) is 25.2 Å². The highest BCUT2D eigenvalue weighted by Crippen LogP contribution is 2.28. The summed E-state index contributed by atoms with van der Waals surface area (Å²) in [7, 11) is 0. The van der Waals surface area contributed by atoms with Crippen molar-refractivity contribution in [3.05, 3.63) is 63.2 Å². The molecule has 1 N–H and O–H groups in total. The van der Waals surface area contributed by atoms with Crippen LogP contribution in [0.4, 0.5) is 0 Å². The number of hydrogen-bond acceptors (Lipinski definition) is 5. The highest BCUT2D eigenvalue weighted by Gasteiger charge is 2.19. The maximum absolute atomic E-state index is 12.1. The number of esters is 1. The third kappa shape index (κ3) is 3.83. The average Bonchev–Trinajstić information content (AvgIpc) is 3.25. The minimum absolute atomic E-state index is 0.318. The Morgan fingerprint density at radius 2 is 2.07 bits per heavy atom. The van der Waals surface area contributed by atoms with E-state index in [9.17, 15) is 10.1 Å². The predicted octanol–water partition coefficient (Wildman–Crippen LogP) is 5.00. The molecule has 0 spiro atoms. The Morgan fingerprint density at radius 3 is 2.74 bits per heavy atom. The highest BCUT2D eigenvalue weighted by molar-refractivity contribution is 7.11. The van der Waals surface area contributed by atoms with E-state index in [-0.39, 0.29) is 5.97 Å². The molecular formula is C21H19N3O2S. The van der Waals surface area contributed by atoms with E-state index in [1.807, 2.05) is 49.6 Å². The molecule has 2 aromatic heterocycles. The topological polar surface area (TPSA) is 78.8 Å². The van der Waals surface area contributed by atoms with Crippen molar-refractivity contribution in [2.24, 2.45) is 0 Å². The first-order chi connectivity index (χ1) is 13.0. The van der Waals surface area contributed by atoms with E-state index in [0.29, 0.717) is 28.4 Å². The standard InChI is InChI=1S/C21H19N3O2S/c1-4-26-21(25)19-13(2)17(23-14(19)3)10-16(11-22)20-24-18(12-27-20)15-8-6-5-7-9-15/h5-10,12,23H,4H2,1-3H3/b16-10+. The number of aromatic nitrogens is 2. The first-order valence-electron chi connectivity index (χ1n) is 8.54. The maximum atomic E-state index is 12.1. The zero-order valence-corrected chi connectivity index (χ0v) is 16.2. The number of H-pyrrole nitrogens is 1. The molecule has 0 bridgehead atoms. The number of ether oxygens (including phenoxy) is 1. The van der Waals surface area contributed by atoms with Crippen LogP contribution in [0.5, 0.6) is 0 Å². The van der Waals surface area contributed by atoms with E-state index in [1.54, 1.807) is 13.0 Å². The summed E-state index contributed by atoms with van der Waals surface area (Å²) >= 11 is 1.42. The summed E-state index contributed by atoms with van der Waals surface area (Å²) in [5.41, 5.74) is 5.00. The van der Waals surface area contributed by atoms with Crippen molar-refractivity contribution in [3.8, 4) is 17.3 Å². The molecular weight excluding hydrogens is 358 g/mol. The maximum Gasteiger partial charge on any atom is 0.340 e. The van der Waals surface area contributed by atoms with Crippen molar-refractivity contribution < 1.29 is 9.53 Å². The molecule has 0 aliphatic carbocycles. The lowest BCUT2D eigenvalue weighted by atomic mass is 10.1. The van der Waals surface area contributed by atoms with Crippen LogP contribution in [0.1, 0.15) is 39.2 Å². The fraction of sp³-hybridized carbons (Fsp3) is 0.190. The number of aromatic amines is 1.